The van der Waals surface area contributed by atoms with Crippen LogP contribution in [0.2, 0.25) is 0 Å². The summed E-state index contributed by atoms with van der Waals surface area (Å²) in [5.74, 6) is -3.04. The van der Waals surface area contributed by atoms with Gasteiger partial charge in [0.2, 0.25) is 0 Å². The fraction of sp³-hybridized carbons (Fsp3) is 0.500. The minimum Gasteiger partial charge on any atom is -0.390 e. The smallest absolute Gasteiger partial charge is 0.282 e. The lowest BCUT2D eigenvalue weighted by molar-refractivity contribution is -0.0477. The second-order valence-electron chi connectivity index (χ2n) is 4.05. The van der Waals surface area contributed by atoms with Crippen LogP contribution >= 0.6 is 0 Å². The van der Waals surface area contributed by atoms with E-state index in [2.05, 4.69) is 5.32 Å². The second-order valence-corrected chi connectivity index (χ2v) is 4.05. The van der Waals surface area contributed by atoms with Crippen LogP contribution in [0.5, 0.6) is 0 Å². The molecule has 0 saturated heterocycles. The first-order chi connectivity index (χ1) is 7.44. The number of aliphatic hydroxyl groups excluding tert-OH is 1. The van der Waals surface area contributed by atoms with Gasteiger partial charge in [0.15, 0.2) is 0 Å². The Kier molecular flexibility index (Phi) is 4.38. The SMILES string of the molecule is Cc1ccc(C)c(CNCC(F)(F)CO)c1. The Balaban J connectivity index is 2.52. The number of rotatable bonds is 5. The van der Waals surface area contributed by atoms with Crippen LogP contribution in [-0.4, -0.2) is 24.2 Å². The number of benzene rings is 1. The van der Waals surface area contributed by atoms with E-state index >= 15 is 0 Å². The highest BCUT2D eigenvalue weighted by Gasteiger charge is 2.26. The zero-order chi connectivity index (χ0) is 12.2. The molecule has 2 nitrogen and oxygen atoms in total. The van der Waals surface area contributed by atoms with Gasteiger partial charge in [-0.2, -0.15) is 0 Å². The van der Waals surface area contributed by atoms with Gasteiger partial charge >= 0.3 is 0 Å². The lowest BCUT2D eigenvalue weighted by Crippen LogP contribution is -2.35. The van der Waals surface area contributed by atoms with E-state index in [4.69, 9.17) is 5.11 Å². The lowest BCUT2D eigenvalue weighted by Gasteiger charge is -2.15. The number of alkyl halides is 2. The first kappa shape index (κ1) is 13.1. The summed E-state index contributed by atoms with van der Waals surface area (Å²) in [4.78, 5) is 0. The molecular formula is C12H17F2NO. The van der Waals surface area contributed by atoms with Crippen molar-refractivity contribution in [3.8, 4) is 0 Å². The molecule has 0 spiro atoms. The maximum atomic E-state index is 12.7. The van der Waals surface area contributed by atoms with Gasteiger partial charge in [0, 0.05) is 6.54 Å². The van der Waals surface area contributed by atoms with E-state index in [1.807, 2.05) is 32.0 Å². The predicted molar refractivity (Wildman–Crippen MR) is 59.7 cm³/mol. The van der Waals surface area contributed by atoms with Crippen molar-refractivity contribution >= 4 is 0 Å². The van der Waals surface area contributed by atoms with Crippen LogP contribution in [0.1, 0.15) is 16.7 Å². The predicted octanol–water partition coefficient (Wildman–Crippen LogP) is 2.02. The molecule has 0 aliphatic rings. The zero-order valence-electron chi connectivity index (χ0n) is 9.56. The van der Waals surface area contributed by atoms with Gasteiger partial charge in [-0.3, -0.25) is 0 Å². The molecule has 1 aromatic carbocycles. The molecule has 0 amide bonds. The van der Waals surface area contributed by atoms with Crippen LogP contribution in [0.3, 0.4) is 0 Å². The number of aliphatic hydroxyl groups is 1. The highest BCUT2D eigenvalue weighted by atomic mass is 19.3. The second kappa shape index (κ2) is 5.37. The van der Waals surface area contributed by atoms with Gasteiger partial charge in [0.1, 0.15) is 6.61 Å². The molecular weight excluding hydrogens is 212 g/mol. The molecule has 0 aliphatic carbocycles. The molecule has 0 atom stereocenters. The number of hydrogen-bond acceptors (Lipinski definition) is 2. The van der Waals surface area contributed by atoms with Crippen molar-refractivity contribution < 1.29 is 13.9 Å². The summed E-state index contributed by atoms with van der Waals surface area (Å²) < 4.78 is 25.4. The van der Waals surface area contributed by atoms with Gasteiger partial charge in [0.05, 0.1) is 6.54 Å². The van der Waals surface area contributed by atoms with E-state index in [9.17, 15) is 8.78 Å². The quantitative estimate of drug-likeness (QED) is 0.809. The highest BCUT2D eigenvalue weighted by Crippen LogP contribution is 2.12. The maximum absolute atomic E-state index is 12.7. The van der Waals surface area contributed by atoms with Crippen LogP contribution in [-0.2, 0) is 6.54 Å². The normalized spacial score (nSPS) is 11.8. The molecule has 0 fully saturated rings. The summed E-state index contributed by atoms with van der Waals surface area (Å²) in [5.41, 5.74) is 3.19. The standard InChI is InChI=1S/C12H17F2NO/c1-9-3-4-10(2)11(5-9)6-15-7-12(13,14)8-16/h3-5,15-16H,6-8H2,1-2H3. The number of hydrogen-bond donors (Lipinski definition) is 2. The third kappa shape index (κ3) is 3.87. The van der Waals surface area contributed by atoms with Crippen LogP contribution < -0.4 is 5.32 Å². The van der Waals surface area contributed by atoms with Crippen molar-refractivity contribution in [3.05, 3.63) is 34.9 Å². The molecule has 0 aliphatic heterocycles. The molecule has 1 aromatic rings. The van der Waals surface area contributed by atoms with Crippen LogP contribution in [0, 0.1) is 13.8 Å². The number of aryl methyl sites for hydroxylation is 2. The Labute approximate surface area is 94.3 Å². The Bertz CT molecular complexity index is 353. The van der Waals surface area contributed by atoms with E-state index in [0.29, 0.717) is 6.54 Å². The van der Waals surface area contributed by atoms with E-state index in [1.54, 1.807) is 0 Å². The Hall–Kier alpha value is -1.00. The molecule has 2 N–H and O–H groups in total. The van der Waals surface area contributed by atoms with E-state index < -0.39 is 19.1 Å². The third-order valence-electron chi connectivity index (χ3n) is 2.44. The molecule has 0 bridgehead atoms. The van der Waals surface area contributed by atoms with Crippen LogP contribution in [0.25, 0.3) is 0 Å². The third-order valence-corrected chi connectivity index (χ3v) is 2.44. The van der Waals surface area contributed by atoms with Crippen molar-refractivity contribution in [1.29, 1.82) is 0 Å². The van der Waals surface area contributed by atoms with Gasteiger partial charge in [-0.1, -0.05) is 23.8 Å². The summed E-state index contributed by atoms with van der Waals surface area (Å²) in [6.07, 6.45) is 0. The molecule has 90 valence electrons. The summed E-state index contributed by atoms with van der Waals surface area (Å²) in [5, 5.41) is 11.1. The van der Waals surface area contributed by atoms with Crippen LogP contribution in [0.15, 0.2) is 18.2 Å². The van der Waals surface area contributed by atoms with Gasteiger partial charge in [-0.15, -0.1) is 0 Å². The van der Waals surface area contributed by atoms with Gasteiger partial charge < -0.3 is 10.4 Å². The summed E-state index contributed by atoms with van der Waals surface area (Å²) in [6.45, 7) is 2.68. The first-order valence-corrected chi connectivity index (χ1v) is 5.20. The minimum atomic E-state index is -3.04. The van der Waals surface area contributed by atoms with E-state index in [1.165, 1.54) is 0 Å². The molecule has 4 heteroatoms. The Morgan fingerprint density at radius 1 is 1.31 bits per heavy atom. The fourth-order valence-electron chi connectivity index (χ4n) is 1.43. The van der Waals surface area contributed by atoms with Crippen molar-refractivity contribution in [2.45, 2.75) is 26.3 Å². The van der Waals surface area contributed by atoms with Gasteiger partial charge in [-0.05, 0) is 25.0 Å². The monoisotopic (exact) mass is 229 g/mol. The fourth-order valence-corrected chi connectivity index (χ4v) is 1.43. The Morgan fingerprint density at radius 2 is 2.00 bits per heavy atom. The average Bonchev–Trinajstić information content (AvgIpc) is 2.23. The summed E-state index contributed by atoms with van der Waals surface area (Å²) in [6, 6.07) is 5.93. The molecule has 0 saturated carbocycles. The van der Waals surface area contributed by atoms with Gasteiger partial charge in [-0.25, -0.2) is 8.78 Å². The molecule has 16 heavy (non-hydrogen) atoms. The molecule has 1 rings (SSSR count). The largest absolute Gasteiger partial charge is 0.390 e. The van der Waals surface area contributed by atoms with Crippen molar-refractivity contribution in [1.82, 2.24) is 5.32 Å². The minimum absolute atomic E-state index is 0.392. The topological polar surface area (TPSA) is 32.3 Å². The highest BCUT2D eigenvalue weighted by molar-refractivity contribution is 5.30. The molecule has 0 radical (unpaired) electrons. The van der Waals surface area contributed by atoms with E-state index in [-0.39, 0.29) is 0 Å². The molecule has 0 heterocycles. The van der Waals surface area contributed by atoms with E-state index in [0.717, 1.165) is 16.7 Å². The Morgan fingerprint density at radius 3 is 2.62 bits per heavy atom. The van der Waals surface area contributed by atoms with Crippen LogP contribution in [0.4, 0.5) is 8.78 Å². The van der Waals surface area contributed by atoms with Crippen molar-refractivity contribution in [2.24, 2.45) is 0 Å². The maximum Gasteiger partial charge on any atom is 0.282 e. The average molecular weight is 229 g/mol. The molecule has 0 unspecified atom stereocenters. The lowest BCUT2D eigenvalue weighted by atomic mass is 10.1. The zero-order valence-corrected chi connectivity index (χ0v) is 9.56. The first-order valence-electron chi connectivity index (χ1n) is 5.20. The van der Waals surface area contributed by atoms with Crippen molar-refractivity contribution in [3.63, 3.8) is 0 Å². The van der Waals surface area contributed by atoms with Crippen molar-refractivity contribution in [2.75, 3.05) is 13.2 Å². The molecule has 0 aromatic heterocycles. The summed E-state index contributed by atoms with van der Waals surface area (Å²) >= 11 is 0. The van der Waals surface area contributed by atoms with Gasteiger partial charge in [0.25, 0.3) is 5.92 Å². The number of halogens is 2. The number of nitrogens with one attached hydrogen (secondary N) is 1. The summed E-state index contributed by atoms with van der Waals surface area (Å²) in [7, 11) is 0.